The Hall–Kier alpha value is -1.46. The van der Waals surface area contributed by atoms with Crippen molar-refractivity contribution in [3.8, 4) is 0 Å². The Morgan fingerprint density at radius 3 is 2.24 bits per heavy atom. The molecule has 0 heterocycles. The van der Waals surface area contributed by atoms with Crippen molar-refractivity contribution in [3.63, 3.8) is 0 Å². The van der Waals surface area contributed by atoms with Gasteiger partial charge < -0.3 is 9.84 Å². The number of carbonyl (C=O) groups is 2. The van der Waals surface area contributed by atoms with E-state index in [2.05, 4.69) is 0 Å². The average molecular weight is 334 g/mol. The number of hydrogen-bond donors (Lipinski definition) is 1. The molecule has 0 aliphatic heterocycles. The van der Waals surface area contributed by atoms with Gasteiger partial charge in [-0.2, -0.15) is 0 Å². The van der Waals surface area contributed by atoms with Gasteiger partial charge in [0, 0.05) is 5.69 Å². The molecule has 0 saturated carbocycles. The summed E-state index contributed by atoms with van der Waals surface area (Å²) in [5.74, 6) is -1.16. The molecular formula is C14H17Cl2NO4. The zero-order chi connectivity index (χ0) is 16.4. The largest absolute Gasteiger partial charge is 0.480 e. The van der Waals surface area contributed by atoms with Gasteiger partial charge in [0.1, 0.15) is 11.6 Å². The molecule has 21 heavy (non-hydrogen) atoms. The molecule has 1 atom stereocenters. The summed E-state index contributed by atoms with van der Waals surface area (Å²) in [5.41, 5.74) is -0.447. The summed E-state index contributed by atoms with van der Waals surface area (Å²) in [4.78, 5) is 24.5. The topological polar surface area (TPSA) is 66.8 Å². The van der Waals surface area contributed by atoms with Crippen LogP contribution in [-0.4, -0.2) is 28.8 Å². The fourth-order valence-corrected chi connectivity index (χ4v) is 1.84. The van der Waals surface area contributed by atoms with Crippen molar-refractivity contribution in [2.45, 2.75) is 39.3 Å². The number of anilines is 1. The Bertz CT molecular complexity index is 554. The number of carbonyl (C=O) groups excluding carboxylic acids is 1. The summed E-state index contributed by atoms with van der Waals surface area (Å²) >= 11 is 11.8. The highest BCUT2D eigenvalue weighted by Crippen LogP contribution is 2.29. The molecule has 0 bridgehead atoms. The fourth-order valence-electron chi connectivity index (χ4n) is 1.54. The number of benzene rings is 1. The highest BCUT2D eigenvalue weighted by Gasteiger charge is 2.31. The summed E-state index contributed by atoms with van der Waals surface area (Å²) < 4.78 is 5.24. The molecule has 0 spiro atoms. The number of aliphatic carboxylic acids is 1. The monoisotopic (exact) mass is 333 g/mol. The summed E-state index contributed by atoms with van der Waals surface area (Å²) in [6.45, 7) is 6.48. The first-order valence-electron chi connectivity index (χ1n) is 6.23. The predicted octanol–water partition coefficient (Wildman–Crippen LogP) is 4.21. The number of hydrogen-bond acceptors (Lipinski definition) is 3. The lowest BCUT2D eigenvalue weighted by Crippen LogP contribution is -2.46. The second-order valence-electron chi connectivity index (χ2n) is 5.46. The normalized spacial score (nSPS) is 12.7. The molecule has 1 rings (SSSR count). The molecule has 0 aromatic heterocycles. The van der Waals surface area contributed by atoms with Crippen LogP contribution in [-0.2, 0) is 9.53 Å². The van der Waals surface area contributed by atoms with Crippen molar-refractivity contribution in [3.05, 3.63) is 28.2 Å². The minimum Gasteiger partial charge on any atom is -0.480 e. The van der Waals surface area contributed by atoms with Gasteiger partial charge in [-0.1, -0.05) is 23.2 Å². The van der Waals surface area contributed by atoms with Crippen molar-refractivity contribution in [1.29, 1.82) is 0 Å². The number of ether oxygens (including phenoxy) is 1. The van der Waals surface area contributed by atoms with Crippen LogP contribution in [0.1, 0.15) is 27.7 Å². The molecule has 1 unspecified atom stereocenters. The van der Waals surface area contributed by atoms with Crippen LogP contribution in [0.15, 0.2) is 18.2 Å². The van der Waals surface area contributed by atoms with E-state index in [9.17, 15) is 14.7 Å². The van der Waals surface area contributed by atoms with E-state index in [-0.39, 0.29) is 5.02 Å². The number of rotatable bonds is 3. The Labute approximate surface area is 133 Å². The summed E-state index contributed by atoms with van der Waals surface area (Å²) in [6, 6.07) is 3.31. The maximum atomic E-state index is 12.3. The van der Waals surface area contributed by atoms with E-state index in [1.165, 1.54) is 25.1 Å². The maximum Gasteiger partial charge on any atom is 0.415 e. The van der Waals surface area contributed by atoms with Gasteiger partial charge in [-0.05, 0) is 45.9 Å². The van der Waals surface area contributed by atoms with Crippen molar-refractivity contribution in [2.24, 2.45) is 0 Å². The van der Waals surface area contributed by atoms with Gasteiger partial charge in [-0.3, -0.25) is 4.90 Å². The Balaban J connectivity index is 3.22. The lowest BCUT2D eigenvalue weighted by molar-refractivity contribution is -0.138. The van der Waals surface area contributed by atoms with Crippen LogP contribution < -0.4 is 4.90 Å². The van der Waals surface area contributed by atoms with E-state index >= 15 is 0 Å². The Morgan fingerprint density at radius 2 is 1.81 bits per heavy atom. The second-order valence-corrected chi connectivity index (χ2v) is 6.28. The standard InChI is InChI=1S/C14H17Cl2NO4/c1-8(12(18)19)17(13(20)21-14(2,3)4)9-5-6-10(15)11(16)7-9/h5-8H,1-4H3,(H,18,19). The van der Waals surface area contributed by atoms with Crippen LogP contribution in [0.2, 0.25) is 10.0 Å². The minimum absolute atomic E-state index is 0.223. The minimum atomic E-state index is -1.16. The van der Waals surface area contributed by atoms with E-state index in [4.69, 9.17) is 27.9 Å². The first-order valence-corrected chi connectivity index (χ1v) is 6.98. The number of nitrogens with zero attached hydrogens (tertiary/aromatic N) is 1. The molecule has 1 amide bonds. The van der Waals surface area contributed by atoms with Crippen LogP contribution in [0, 0.1) is 0 Å². The van der Waals surface area contributed by atoms with Crippen LogP contribution in [0.3, 0.4) is 0 Å². The van der Waals surface area contributed by atoms with Gasteiger partial charge in [-0.25, -0.2) is 9.59 Å². The zero-order valence-electron chi connectivity index (χ0n) is 12.2. The van der Waals surface area contributed by atoms with Crippen LogP contribution >= 0.6 is 23.2 Å². The van der Waals surface area contributed by atoms with Gasteiger partial charge in [0.2, 0.25) is 0 Å². The predicted molar refractivity (Wildman–Crippen MR) is 82.3 cm³/mol. The van der Waals surface area contributed by atoms with Gasteiger partial charge in [0.25, 0.3) is 0 Å². The molecule has 116 valence electrons. The van der Waals surface area contributed by atoms with E-state index < -0.39 is 23.7 Å². The van der Waals surface area contributed by atoms with Crippen molar-refractivity contribution in [2.75, 3.05) is 4.90 Å². The molecule has 1 N–H and O–H groups in total. The third kappa shape index (κ3) is 4.79. The smallest absolute Gasteiger partial charge is 0.415 e. The van der Waals surface area contributed by atoms with Gasteiger partial charge in [0.05, 0.1) is 10.0 Å². The SMILES string of the molecule is CC(C(=O)O)N(C(=O)OC(C)(C)C)c1ccc(Cl)c(Cl)c1. The molecule has 0 saturated heterocycles. The van der Waals surface area contributed by atoms with Gasteiger partial charge in [-0.15, -0.1) is 0 Å². The number of amides is 1. The van der Waals surface area contributed by atoms with E-state index in [1.807, 2.05) is 0 Å². The first kappa shape index (κ1) is 17.6. The molecular weight excluding hydrogens is 317 g/mol. The Morgan fingerprint density at radius 1 is 1.24 bits per heavy atom. The molecule has 5 nitrogen and oxygen atoms in total. The van der Waals surface area contributed by atoms with Gasteiger partial charge >= 0.3 is 12.1 Å². The molecule has 0 radical (unpaired) electrons. The molecule has 0 aliphatic carbocycles. The Kier molecular flexibility index (Phi) is 5.48. The summed E-state index contributed by atoms with van der Waals surface area (Å²) in [5, 5.41) is 9.71. The van der Waals surface area contributed by atoms with Crippen molar-refractivity contribution < 1.29 is 19.4 Å². The molecule has 1 aromatic carbocycles. The molecule has 0 fully saturated rings. The van der Waals surface area contributed by atoms with Crippen molar-refractivity contribution in [1.82, 2.24) is 0 Å². The molecule has 0 aliphatic rings. The van der Waals surface area contributed by atoms with Crippen LogP contribution in [0.4, 0.5) is 10.5 Å². The fraction of sp³-hybridized carbons (Fsp3) is 0.429. The van der Waals surface area contributed by atoms with Crippen molar-refractivity contribution >= 4 is 41.0 Å². The molecule has 7 heteroatoms. The average Bonchev–Trinajstić information content (AvgIpc) is 2.31. The highest BCUT2D eigenvalue weighted by atomic mass is 35.5. The number of carboxylic acid groups (broad SMARTS) is 1. The lowest BCUT2D eigenvalue weighted by atomic mass is 10.2. The van der Waals surface area contributed by atoms with E-state index in [0.29, 0.717) is 10.7 Å². The second kappa shape index (κ2) is 6.54. The number of carboxylic acids is 1. The zero-order valence-corrected chi connectivity index (χ0v) is 13.7. The lowest BCUT2D eigenvalue weighted by Gasteiger charge is -2.30. The maximum absolute atomic E-state index is 12.3. The third-order valence-electron chi connectivity index (χ3n) is 2.52. The van der Waals surface area contributed by atoms with Gasteiger partial charge in [0.15, 0.2) is 0 Å². The summed E-state index contributed by atoms with van der Waals surface area (Å²) in [6.07, 6.45) is -0.768. The van der Waals surface area contributed by atoms with Crippen LogP contribution in [0.25, 0.3) is 0 Å². The highest BCUT2D eigenvalue weighted by molar-refractivity contribution is 6.42. The van der Waals surface area contributed by atoms with Crippen LogP contribution in [0.5, 0.6) is 0 Å². The third-order valence-corrected chi connectivity index (χ3v) is 3.26. The number of halogens is 2. The first-order chi connectivity index (χ1) is 9.53. The quantitative estimate of drug-likeness (QED) is 0.899. The van der Waals surface area contributed by atoms with E-state index in [1.54, 1.807) is 20.8 Å². The summed E-state index contributed by atoms with van der Waals surface area (Å²) in [7, 11) is 0. The van der Waals surface area contributed by atoms with E-state index in [0.717, 1.165) is 4.90 Å². The molecule has 1 aromatic rings.